The molecular formula is C12H15N5. The molecule has 1 aliphatic rings. The first kappa shape index (κ1) is 10.4. The Labute approximate surface area is 100 Å². The van der Waals surface area contributed by atoms with Gasteiger partial charge < -0.3 is 0 Å². The molecule has 3 heterocycles. The zero-order valence-corrected chi connectivity index (χ0v) is 9.82. The Bertz CT molecular complexity index is 487. The average molecular weight is 229 g/mol. The van der Waals surface area contributed by atoms with Crippen LogP contribution in [-0.4, -0.2) is 37.7 Å². The van der Waals surface area contributed by atoms with Crippen LogP contribution in [0, 0.1) is 6.92 Å². The van der Waals surface area contributed by atoms with Crippen molar-refractivity contribution in [3.05, 3.63) is 42.2 Å². The molecule has 0 amide bonds. The van der Waals surface area contributed by atoms with Crippen LogP contribution in [0.2, 0.25) is 0 Å². The van der Waals surface area contributed by atoms with Gasteiger partial charge in [-0.3, -0.25) is 19.5 Å². The number of nitrogens with zero attached hydrogens (tertiary/aromatic N) is 5. The monoisotopic (exact) mass is 229 g/mol. The van der Waals surface area contributed by atoms with Crippen molar-refractivity contribution < 1.29 is 0 Å². The first-order valence-electron chi connectivity index (χ1n) is 5.80. The van der Waals surface area contributed by atoms with Crippen LogP contribution in [0.4, 0.5) is 0 Å². The Morgan fingerprint density at radius 1 is 1.35 bits per heavy atom. The molecule has 2 aromatic heterocycles. The molecule has 0 saturated carbocycles. The molecule has 5 heteroatoms. The van der Waals surface area contributed by atoms with Gasteiger partial charge in [-0.25, -0.2) is 0 Å². The lowest BCUT2D eigenvalue weighted by Crippen LogP contribution is -2.47. The first-order chi connectivity index (χ1) is 8.31. The summed E-state index contributed by atoms with van der Waals surface area (Å²) in [6.07, 6.45) is 7.48. The molecule has 0 spiro atoms. The quantitative estimate of drug-likeness (QED) is 0.789. The van der Waals surface area contributed by atoms with Gasteiger partial charge in [0.1, 0.15) is 0 Å². The van der Waals surface area contributed by atoms with Gasteiger partial charge in [0, 0.05) is 44.4 Å². The molecule has 1 aliphatic heterocycles. The second kappa shape index (κ2) is 4.25. The maximum atomic E-state index is 4.46. The largest absolute Gasteiger partial charge is 0.293 e. The third-order valence-corrected chi connectivity index (χ3v) is 3.03. The molecule has 2 aromatic rings. The highest BCUT2D eigenvalue weighted by Crippen LogP contribution is 2.21. The van der Waals surface area contributed by atoms with E-state index in [-0.39, 0.29) is 0 Å². The number of rotatable bonds is 3. The van der Waals surface area contributed by atoms with Crippen molar-refractivity contribution in [3.63, 3.8) is 0 Å². The predicted molar refractivity (Wildman–Crippen MR) is 63.3 cm³/mol. The molecule has 0 unspecified atom stereocenters. The van der Waals surface area contributed by atoms with Crippen LogP contribution in [0.3, 0.4) is 0 Å². The molecule has 5 nitrogen and oxygen atoms in total. The van der Waals surface area contributed by atoms with E-state index >= 15 is 0 Å². The van der Waals surface area contributed by atoms with E-state index in [2.05, 4.69) is 20.0 Å². The van der Waals surface area contributed by atoms with Crippen LogP contribution in [0.25, 0.3) is 0 Å². The van der Waals surface area contributed by atoms with Crippen LogP contribution in [-0.2, 0) is 6.54 Å². The van der Waals surface area contributed by atoms with Crippen molar-refractivity contribution in [1.29, 1.82) is 0 Å². The van der Waals surface area contributed by atoms with E-state index in [1.165, 1.54) is 0 Å². The maximum absolute atomic E-state index is 4.46. The van der Waals surface area contributed by atoms with E-state index in [4.69, 9.17) is 0 Å². The number of hydrogen-bond acceptors (Lipinski definition) is 4. The summed E-state index contributed by atoms with van der Waals surface area (Å²) in [5, 5.41) is 4.26. The molecule has 0 aromatic carbocycles. The Kier molecular flexibility index (Phi) is 2.60. The summed E-state index contributed by atoms with van der Waals surface area (Å²) in [4.78, 5) is 11.0. The van der Waals surface area contributed by atoms with Crippen molar-refractivity contribution in [1.82, 2.24) is 24.6 Å². The Hall–Kier alpha value is -1.75. The molecule has 0 radical (unpaired) electrons. The molecule has 0 atom stereocenters. The normalized spacial score (nSPS) is 17.0. The van der Waals surface area contributed by atoms with Crippen molar-refractivity contribution in [2.24, 2.45) is 0 Å². The summed E-state index contributed by atoms with van der Waals surface area (Å²) in [5.74, 6) is 0. The van der Waals surface area contributed by atoms with Crippen molar-refractivity contribution >= 4 is 0 Å². The third kappa shape index (κ3) is 2.19. The molecule has 1 saturated heterocycles. The van der Waals surface area contributed by atoms with Gasteiger partial charge >= 0.3 is 0 Å². The molecular weight excluding hydrogens is 214 g/mol. The zero-order chi connectivity index (χ0) is 11.7. The van der Waals surface area contributed by atoms with E-state index in [0.29, 0.717) is 6.04 Å². The standard InChI is InChI=1S/C12H15N5/c1-10-5-13-6-11(15-10)7-16-8-12(9-16)17-4-2-3-14-17/h2-6,12H,7-9H2,1H3. The average Bonchev–Trinajstić information content (AvgIpc) is 2.76. The Morgan fingerprint density at radius 2 is 2.24 bits per heavy atom. The lowest BCUT2D eigenvalue weighted by molar-refractivity contribution is 0.0894. The van der Waals surface area contributed by atoms with Gasteiger partial charge in [-0.1, -0.05) is 0 Å². The fourth-order valence-electron chi connectivity index (χ4n) is 2.16. The lowest BCUT2D eigenvalue weighted by atomic mass is 10.1. The van der Waals surface area contributed by atoms with Crippen LogP contribution in [0.1, 0.15) is 17.4 Å². The second-order valence-electron chi connectivity index (χ2n) is 4.49. The van der Waals surface area contributed by atoms with E-state index in [1.807, 2.05) is 36.3 Å². The molecule has 0 aliphatic carbocycles. The molecule has 1 fully saturated rings. The van der Waals surface area contributed by atoms with Gasteiger partial charge in [0.05, 0.1) is 17.4 Å². The summed E-state index contributed by atoms with van der Waals surface area (Å²) in [6, 6.07) is 2.48. The van der Waals surface area contributed by atoms with Crippen molar-refractivity contribution in [2.75, 3.05) is 13.1 Å². The molecule has 3 rings (SSSR count). The number of likely N-dealkylation sites (tertiary alicyclic amines) is 1. The van der Waals surface area contributed by atoms with Gasteiger partial charge in [-0.2, -0.15) is 5.10 Å². The molecule has 0 bridgehead atoms. The summed E-state index contributed by atoms with van der Waals surface area (Å²) in [7, 11) is 0. The lowest BCUT2D eigenvalue weighted by Gasteiger charge is -2.38. The Balaban J connectivity index is 1.56. The van der Waals surface area contributed by atoms with E-state index < -0.39 is 0 Å². The topological polar surface area (TPSA) is 46.8 Å². The minimum absolute atomic E-state index is 0.516. The van der Waals surface area contributed by atoms with Crippen LogP contribution >= 0.6 is 0 Å². The minimum Gasteiger partial charge on any atom is -0.293 e. The summed E-state index contributed by atoms with van der Waals surface area (Å²) < 4.78 is 2.03. The summed E-state index contributed by atoms with van der Waals surface area (Å²) in [5.41, 5.74) is 2.02. The zero-order valence-electron chi connectivity index (χ0n) is 9.82. The van der Waals surface area contributed by atoms with Gasteiger partial charge in [0.25, 0.3) is 0 Å². The Morgan fingerprint density at radius 3 is 2.94 bits per heavy atom. The minimum atomic E-state index is 0.516. The van der Waals surface area contributed by atoms with Crippen LogP contribution in [0.15, 0.2) is 30.9 Å². The predicted octanol–water partition coefficient (Wildman–Crippen LogP) is 1.04. The molecule has 17 heavy (non-hydrogen) atoms. The van der Waals surface area contributed by atoms with E-state index in [0.717, 1.165) is 31.0 Å². The summed E-state index contributed by atoms with van der Waals surface area (Å²) >= 11 is 0. The highest BCUT2D eigenvalue weighted by molar-refractivity contribution is 5.02. The van der Waals surface area contributed by atoms with Crippen LogP contribution in [0.5, 0.6) is 0 Å². The van der Waals surface area contributed by atoms with Crippen LogP contribution < -0.4 is 0 Å². The van der Waals surface area contributed by atoms with Gasteiger partial charge in [0.15, 0.2) is 0 Å². The fourth-order valence-corrected chi connectivity index (χ4v) is 2.16. The third-order valence-electron chi connectivity index (χ3n) is 3.03. The highest BCUT2D eigenvalue weighted by atomic mass is 15.4. The smallest absolute Gasteiger partial charge is 0.0773 e. The fraction of sp³-hybridized carbons (Fsp3) is 0.417. The van der Waals surface area contributed by atoms with Gasteiger partial charge in [0.2, 0.25) is 0 Å². The number of hydrogen-bond donors (Lipinski definition) is 0. The van der Waals surface area contributed by atoms with Gasteiger partial charge in [-0.05, 0) is 13.0 Å². The molecule has 88 valence electrons. The van der Waals surface area contributed by atoms with E-state index in [1.54, 1.807) is 6.20 Å². The number of aryl methyl sites for hydroxylation is 1. The number of aromatic nitrogens is 4. The maximum Gasteiger partial charge on any atom is 0.0773 e. The highest BCUT2D eigenvalue weighted by Gasteiger charge is 2.28. The van der Waals surface area contributed by atoms with Crippen molar-refractivity contribution in [2.45, 2.75) is 19.5 Å². The molecule has 0 N–H and O–H groups in total. The first-order valence-corrected chi connectivity index (χ1v) is 5.80. The second-order valence-corrected chi connectivity index (χ2v) is 4.49. The van der Waals surface area contributed by atoms with Crippen molar-refractivity contribution in [3.8, 4) is 0 Å². The van der Waals surface area contributed by atoms with E-state index in [9.17, 15) is 0 Å². The summed E-state index contributed by atoms with van der Waals surface area (Å²) in [6.45, 7) is 4.93. The SMILES string of the molecule is Cc1cncc(CN2CC(n3cccn3)C2)n1. The van der Waals surface area contributed by atoms with Gasteiger partial charge in [-0.15, -0.1) is 0 Å².